The first-order valence-corrected chi connectivity index (χ1v) is 12.3. The molecule has 0 spiro atoms. The van der Waals surface area contributed by atoms with E-state index in [4.69, 9.17) is 37.7 Å². The van der Waals surface area contributed by atoms with Crippen LogP contribution in [0.25, 0.3) is 4.91 Å². The van der Waals surface area contributed by atoms with Gasteiger partial charge in [0.15, 0.2) is 5.17 Å². The van der Waals surface area contributed by atoms with Gasteiger partial charge in [0.05, 0.1) is 34.5 Å². The van der Waals surface area contributed by atoms with E-state index < -0.39 is 12.0 Å². The summed E-state index contributed by atoms with van der Waals surface area (Å²) < 4.78 is 11.3. The van der Waals surface area contributed by atoms with Crippen molar-refractivity contribution in [2.75, 3.05) is 34.4 Å². The lowest BCUT2D eigenvalue weighted by Crippen LogP contribution is -2.34. The lowest BCUT2D eigenvalue weighted by molar-refractivity contribution is -0.140. The van der Waals surface area contributed by atoms with Crippen LogP contribution in [0.3, 0.4) is 0 Å². The number of aliphatic imine (C=N–C) groups is 1. The monoisotopic (exact) mass is 517 g/mol. The maximum absolute atomic E-state index is 13.3. The van der Waals surface area contributed by atoms with E-state index in [0.717, 1.165) is 21.2 Å². The van der Waals surface area contributed by atoms with E-state index in [2.05, 4.69) is 0 Å². The molecule has 0 saturated carbocycles. The number of halogens is 2. The fourth-order valence-electron chi connectivity index (χ4n) is 3.87. The van der Waals surface area contributed by atoms with Gasteiger partial charge in [-0.05, 0) is 51.0 Å². The van der Waals surface area contributed by atoms with Gasteiger partial charge in [-0.15, -0.1) is 0 Å². The van der Waals surface area contributed by atoms with E-state index in [0.29, 0.717) is 33.6 Å². The van der Waals surface area contributed by atoms with Crippen molar-refractivity contribution in [3.63, 3.8) is 0 Å². The molecule has 2 aromatic rings. The summed E-state index contributed by atoms with van der Waals surface area (Å²) in [6, 6.07) is 12.6. The van der Waals surface area contributed by atoms with E-state index in [-0.39, 0.29) is 6.61 Å². The van der Waals surface area contributed by atoms with Crippen LogP contribution in [0.5, 0.6) is 5.75 Å². The van der Waals surface area contributed by atoms with Crippen LogP contribution >= 0.6 is 35.0 Å². The number of benzene rings is 2. The molecule has 2 aliphatic heterocycles. The summed E-state index contributed by atoms with van der Waals surface area (Å²) in [6.07, 6.45) is 1.94. The smallest absolute Gasteiger partial charge is 0.338 e. The molecule has 6 nitrogen and oxygen atoms in total. The Balaban J connectivity index is 1.80. The molecule has 0 N–H and O–H groups in total. The van der Waals surface area contributed by atoms with Gasteiger partial charge in [0.1, 0.15) is 12.4 Å². The lowest BCUT2D eigenvalue weighted by Gasteiger charge is -2.34. The summed E-state index contributed by atoms with van der Waals surface area (Å²) in [6.45, 7) is 2.74. The molecule has 0 aliphatic carbocycles. The third kappa shape index (κ3) is 4.84. The molecule has 0 unspecified atom stereocenters. The zero-order valence-electron chi connectivity index (χ0n) is 19.3. The Labute approximate surface area is 213 Å². The van der Waals surface area contributed by atoms with Crippen molar-refractivity contribution >= 4 is 51.0 Å². The number of rotatable bonds is 7. The number of nitrogens with zero attached hydrogens (tertiary/aromatic N) is 3. The topological polar surface area (TPSA) is 54.4 Å². The van der Waals surface area contributed by atoms with Crippen molar-refractivity contribution in [1.82, 2.24) is 9.80 Å². The first kappa shape index (κ1) is 24.7. The van der Waals surface area contributed by atoms with Gasteiger partial charge in [-0.1, -0.05) is 47.5 Å². The number of fused-ring (bicyclic) bond motifs is 1. The second kappa shape index (κ2) is 10.4. The average Bonchev–Trinajstić information content (AvgIpc) is 3.20. The first-order valence-electron chi connectivity index (χ1n) is 10.7. The molecular weight excluding hydrogens is 493 g/mol. The zero-order chi connectivity index (χ0) is 24.4. The Bertz CT molecular complexity index is 1190. The maximum Gasteiger partial charge on any atom is 0.338 e. The summed E-state index contributed by atoms with van der Waals surface area (Å²) >= 11 is 14.4. The molecule has 1 atom stereocenters. The van der Waals surface area contributed by atoms with Gasteiger partial charge < -0.3 is 19.3 Å². The molecule has 0 aromatic heterocycles. The number of hydrogen-bond donors (Lipinski definition) is 0. The number of likely N-dealkylation sites (N-methyl/N-ethyl adjacent to an activating group) is 1. The molecule has 2 heterocycles. The molecule has 0 fully saturated rings. The fourth-order valence-corrected chi connectivity index (χ4v) is 5.71. The Morgan fingerprint density at radius 2 is 1.85 bits per heavy atom. The molecule has 178 valence electrons. The van der Waals surface area contributed by atoms with Gasteiger partial charge in [-0.3, -0.25) is 0 Å². The van der Waals surface area contributed by atoms with Crippen molar-refractivity contribution in [1.29, 1.82) is 0 Å². The minimum atomic E-state index is -0.484. The summed E-state index contributed by atoms with van der Waals surface area (Å²) in [7, 11) is 5.48. The van der Waals surface area contributed by atoms with Gasteiger partial charge in [0.2, 0.25) is 0 Å². The number of hydrogen-bond acceptors (Lipinski definition) is 7. The summed E-state index contributed by atoms with van der Waals surface area (Å²) in [5.74, 6) is 0.267. The van der Waals surface area contributed by atoms with Gasteiger partial charge >= 0.3 is 5.97 Å². The minimum absolute atomic E-state index is 0.281. The van der Waals surface area contributed by atoms with E-state index in [1.165, 1.54) is 11.8 Å². The van der Waals surface area contributed by atoms with E-state index in [1.54, 1.807) is 19.2 Å². The Morgan fingerprint density at radius 1 is 1.15 bits per heavy atom. The minimum Gasteiger partial charge on any atom is -0.496 e. The van der Waals surface area contributed by atoms with Crippen molar-refractivity contribution in [2.24, 2.45) is 4.99 Å². The van der Waals surface area contributed by atoms with Gasteiger partial charge in [0, 0.05) is 28.8 Å². The lowest BCUT2D eigenvalue weighted by atomic mass is 9.94. The molecule has 2 aliphatic rings. The van der Waals surface area contributed by atoms with E-state index >= 15 is 0 Å². The van der Waals surface area contributed by atoms with Crippen LogP contribution in [-0.2, 0) is 9.53 Å². The van der Waals surface area contributed by atoms with E-state index in [1.807, 2.05) is 67.4 Å². The average molecular weight is 518 g/mol. The molecule has 0 bridgehead atoms. The highest BCUT2D eigenvalue weighted by molar-refractivity contribution is 8.22. The quantitative estimate of drug-likeness (QED) is 0.430. The van der Waals surface area contributed by atoms with Crippen LogP contribution in [-0.4, -0.2) is 55.3 Å². The third-order valence-corrected chi connectivity index (χ3v) is 7.16. The zero-order valence-corrected chi connectivity index (χ0v) is 21.7. The number of para-hydroxylation sites is 1. The molecule has 2 aromatic carbocycles. The van der Waals surface area contributed by atoms with Gasteiger partial charge in [0.25, 0.3) is 0 Å². The number of allylic oxidation sites excluding steroid dienone is 1. The maximum atomic E-state index is 13.3. The standard InChI is InChI=1S/C25H25Cl2N3O3S/c1-15-21(24(31)33-13-12-29(2)3)23(16-8-5-6-11-19(16)32-4)30-14-20(34-25(30)28-15)22-17(26)9-7-10-18(22)27/h5-11,14,23H,12-13H2,1-4H3/t23-/m0/s1. The molecular formula is C25H25Cl2N3O3S. The molecule has 0 amide bonds. The number of esters is 1. The number of carbonyl (C=O) groups excluding carboxylic acids is 1. The largest absolute Gasteiger partial charge is 0.496 e. The van der Waals surface area contributed by atoms with E-state index in [9.17, 15) is 4.79 Å². The predicted molar refractivity (Wildman–Crippen MR) is 139 cm³/mol. The molecule has 4 rings (SSSR count). The van der Waals surface area contributed by atoms with Crippen LogP contribution < -0.4 is 4.74 Å². The number of methoxy groups -OCH3 is 1. The van der Waals surface area contributed by atoms with Crippen molar-refractivity contribution in [3.8, 4) is 5.75 Å². The first-order chi connectivity index (χ1) is 16.3. The van der Waals surface area contributed by atoms with Crippen molar-refractivity contribution in [2.45, 2.75) is 13.0 Å². The van der Waals surface area contributed by atoms with Crippen LogP contribution in [0.2, 0.25) is 10.0 Å². The SMILES string of the molecule is COc1ccccc1[C@H]1C(C(=O)OCCN(C)C)=C(C)N=C2SC(c3c(Cl)cccc3Cl)=CN21. The molecule has 9 heteroatoms. The predicted octanol–water partition coefficient (Wildman–Crippen LogP) is 5.84. The van der Waals surface area contributed by atoms with Crippen LogP contribution in [0.1, 0.15) is 24.1 Å². The summed E-state index contributed by atoms with van der Waals surface area (Å²) in [5, 5.41) is 1.83. The number of carbonyl (C=O) groups is 1. The summed E-state index contributed by atoms with van der Waals surface area (Å²) in [5.41, 5.74) is 2.64. The summed E-state index contributed by atoms with van der Waals surface area (Å²) in [4.78, 5) is 22.8. The highest BCUT2D eigenvalue weighted by Gasteiger charge is 2.41. The number of amidine groups is 1. The Kier molecular flexibility index (Phi) is 7.57. The van der Waals surface area contributed by atoms with Crippen LogP contribution in [0.4, 0.5) is 0 Å². The third-order valence-electron chi connectivity index (χ3n) is 5.52. The Morgan fingerprint density at radius 3 is 2.53 bits per heavy atom. The second-order valence-electron chi connectivity index (χ2n) is 8.08. The van der Waals surface area contributed by atoms with Gasteiger partial charge in [-0.25, -0.2) is 9.79 Å². The normalized spacial score (nSPS) is 17.5. The van der Waals surface area contributed by atoms with Gasteiger partial charge in [-0.2, -0.15) is 0 Å². The van der Waals surface area contributed by atoms with Crippen molar-refractivity contribution in [3.05, 3.63) is 81.1 Å². The number of thioether (sulfide) groups is 1. The second-order valence-corrected chi connectivity index (χ2v) is 9.90. The molecule has 0 saturated heterocycles. The molecule has 34 heavy (non-hydrogen) atoms. The highest BCUT2D eigenvalue weighted by atomic mass is 35.5. The van der Waals surface area contributed by atoms with Crippen molar-refractivity contribution < 1.29 is 14.3 Å². The van der Waals surface area contributed by atoms with Crippen LogP contribution in [0, 0.1) is 0 Å². The number of ether oxygens (including phenoxy) is 2. The molecule has 0 radical (unpaired) electrons. The van der Waals surface area contributed by atoms with Crippen LogP contribution in [0.15, 0.2) is 64.9 Å². The fraction of sp³-hybridized carbons (Fsp3) is 0.280. The Hall–Kier alpha value is -2.45. The highest BCUT2D eigenvalue weighted by Crippen LogP contribution is 2.50.